The number of aliphatic hydroxyl groups is 1. The van der Waals surface area contributed by atoms with E-state index in [-0.39, 0.29) is 6.10 Å². The minimum Gasteiger partial charge on any atom is -0.393 e. The zero-order chi connectivity index (χ0) is 15.8. The molecule has 1 aliphatic heterocycles. The Hall–Kier alpha value is -0.600. The van der Waals surface area contributed by atoms with Crippen molar-refractivity contribution in [3.05, 3.63) is 23.3 Å². The Balaban J connectivity index is 1.49. The van der Waals surface area contributed by atoms with E-state index >= 15 is 0 Å². The van der Waals surface area contributed by atoms with E-state index in [1.54, 1.807) is 5.57 Å². The molecule has 4 aliphatic carbocycles. The van der Waals surface area contributed by atoms with Crippen molar-refractivity contribution in [3.8, 4) is 0 Å². The summed E-state index contributed by atoms with van der Waals surface area (Å²) in [5.74, 6) is 2.45. The minimum atomic E-state index is -0.0873. The van der Waals surface area contributed by atoms with Crippen LogP contribution in [0.15, 0.2) is 23.3 Å². The summed E-state index contributed by atoms with van der Waals surface area (Å²) >= 11 is 0. The number of hydrogen-bond acceptors (Lipinski definition) is 2. The average Bonchev–Trinajstić information content (AvgIpc) is 3.29. The molecule has 2 N–H and O–H groups in total. The lowest BCUT2D eigenvalue weighted by Crippen LogP contribution is -2.48. The molecule has 2 nitrogen and oxygen atoms in total. The molecule has 0 bridgehead atoms. The molecule has 5 rings (SSSR count). The fraction of sp³-hybridized carbons (Fsp3) is 0.810. The van der Waals surface area contributed by atoms with Gasteiger partial charge in [-0.2, -0.15) is 0 Å². The van der Waals surface area contributed by atoms with Crippen LogP contribution >= 0.6 is 0 Å². The molecule has 0 aromatic rings. The van der Waals surface area contributed by atoms with Crippen LogP contribution < -0.4 is 5.32 Å². The predicted molar refractivity (Wildman–Crippen MR) is 93.0 cm³/mol. The highest BCUT2D eigenvalue weighted by Crippen LogP contribution is 2.65. The van der Waals surface area contributed by atoms with Gasteiger partial charge in [-0.05, 0) is 73.5 Å². The van der Waals surface area contributed by atoms with Gasteiger partial charge in [0.05, 0.1) is 6.10 Å². The molecule has 0 spiro atoms. The molecule has 0 aromatic heterocycles. The van der Waals surface area contributed by atoms with Crippen LogP contribution in [0, 0.1) is 28.6 Å². The van der Waals surface area contributed by atoms with Gasteiger partial charge in [0.25, 0.3) is 0 Å². The summed E-state index contributed by atoms with van der Waals surface area (Å²) in [5.41, 5.74) is 4.22. The van der Waals surface area contributed by atoms with Crippen LogP contribution in [0.1, 0.15) is 58.8 Å². The first-order valence-electron chi connectivity index (χ1n) is 9.84. The topological polar surface area (TPSA) is 42.2 Å². The summed E-state index contributed by atoms with van der Waals surface area (Å²) < 4.78 is 0. The number of nitrogens with one attached hydrogen (secondary N) is 1. The molecule has 2 saturated carbocycles. The molecule has 5 aliphatic rings. The van der Waals surface area contributed by atoms with Crippen molar-refractivity contribution in [2.24, 2.45) is 28.6 Å². The monoisotopic (exact) mass is 313 g/mol. The van der Waals surface area contributed by atoms with Gasteiger partial charge in [0.15, 0.2) is 0 Å². The Kier molecular flexibility index (Phi) is 3.03. The third-order valence-electron chi connectivity index (χ3n) is 8.48. The zero-order valence-corrected chi connectivity index (χ0v) is 14.6. The Morgan fingerprint density at radius 1 is 1.04 bits per heavy atom. The third-order valence-corrected chi connectivity index (χ3v) is 8.48. The summed E-state index contributed by atoms with van der Waals surface area (Å²) in [7, 11) is 0. The van der Waals surface area contributed by atoms with Gasteiger partial charge in [-0.1, -0.05) is 37.1 Å². The average molecular weight is 313 g/mol. The van der Waals surface area contributed by atoms with E-state index in [4.69, 9.17) is 0 Å². The molecule has 0 amide bonds. The second kappa shape index (κ2) is 4.73. The standard InChI is InChI=1S/C21H31NO/c1-20-9-7-14(23)11-13(20)3-4-15-16-5-6-18(19-12-22-19)21(16,2)10-8-17(15)20/h3,5,14-15,17-19,22-23H,4,6-12H2,1-2H3/t14-,15-,17-,18+,19-,20-,21-/m0/s1. The summed E-state index contributed by atoms with van der Waals surface area (Å²) in [6.45, 7) is 6.33. The van der Waals surface area contributed by atoms with Crippen LogP contribution in [0.3, 0.4) is 0 Å². The van der Waals surface area contributed by atoms with E-state index in [1.165, 1.54) is 38.6 Å². The van der Waals surface area contributed by atoms with Crippen LogP contribution in [0.2, 0.25) is 0 Å². The second-order valence-electron chi connectivity index (χ2n) is 9.46. The van der Waals surface area contributed by atoms with Gasteiger partial charge in [-0.3, -0.25) is 0 Å². The summed E-state index contributed by atoms with van der Waals surface area (Å²) in [5, 5.41) is 13.7. The number of allylic oxidation sites excluding steroid dienone is 3. The molecule has 7 atom stereocenters. The van der Waals surface area contributed by atoms with Crippen molar-refractivity contribution >= 4 is 0 Å². The van der Waals surface area contributed by atoms with Gasteiger partial charge in [0.2, 0.25) is 0 Å². The summed E-state index contributed by atoms with van der Waals surface area (Å²) in [4.78, 5) is 0. The molecule has 23 heavy (non-hydrogen) atoms. The largest absolute Gasteiger partial charge is 0.393 e. The summed E-state index contributed by atoms with van der Waals surface area (Å²) in [6, 6.07) is 0.792. The zero-order valence-electron chi connectivity index (χ0n) is 14.6. The SMILES string of the molecule is C[C@]12CC[C@H]3[C@@H](CC=C4C[C@@H](O)CC[C@@]43C)C1=CC[C@@H]2[C@@H]1CN1. The van der Waals surface area contributed by atoms with Gasteiger partial charge < -0.3 is 10.4 Å². The maximum atomic E-state index is 10.1. The van der Waals surface area contributed by atoms with E-state index in [0.29, 0.717) is 10.8 Å². The van der Waals surface area contributed by atoms with E-state index in [0.717, 1.165) is 36.6 Å². The molecule has 1 saturated heterocycles. The molecule has 2 heteroatoms. The van der Waals surface area contributed by atoms with E-state index in [9.17, 15) is 5.11 Å². The lowest BCUT2D eigenvalue weighted by atomic mass is 9.48. The van der Waals surface area contributed by atoms with Crippen molar-refractivity contribution < 1.29 is 5.11 Å². The Labute approximate surface area is 140 Å². The first-order valence-corrected chi connectivity index (χ1v) is 9.84. The lowest BCUT2D eigenvalue weighted by Gasteiger charge is -2.56. The van der Waals surface area contributed by atoms with Gasteiger partial charge >= 0.3 is 0 Å². The Morgan fingerprint density at radius 3 is 2.61 bits per heavy atom. The van der Waals surface area contributed by atoms with Gasteiger partial charge in [0.1, 0.15) is 0 Å². The molecule has 3 fully saturated rings. The lowest BCUT2D eigenvalue weighted by molar-refractivity contribution is 0.0220. The van der Waals surface area contributed by atoms with Crippen molar-refractivity contribution in [2.45, 2.75) is 70.9 Å². The quantitative estimate of drug-likeness (QED) is 0.571. The fourth-order valence-corrected chi connectivity index (χ4v) is 6.98. The van der Waals surface area contributed by atoms with Crippen molar-refractivity contribution in [1.82, 2.24) is 5.32 Å². The van der Waals surface area contributed by atoms with Crippen LogP contribution in [-0.4, -0.2) is 23.8 Å². The highest BCUT2D eigenvalue weighted by atomic mass is 16.3. The van der Waals surface area contributed by atoms with Crippen molar-refractivity contribution in [1.29, 1.82) is 0 Å². The van der Waals surface area contributed by atoms with E-state index < -0.39 is 0 Å². The second-order valence-corrected chi connectivity index (χ2v) is 9.46. The van der Waals surface area contributed by atoms with Gasteiger partial charge in [-0.25, -0.2) is 0 Å². The highest BCUT2D eigenvalue weighted by molar-refractivity contribution is 5.35. The highest BCUT2D eigenvalue weighted by Gasteiger charge is 2.57. The molecule has 1 heterocycles. The van der Waals surface area contributed by atoms with Crippen LogP contribution in [0.4, 0.5) is 0 Å². The smallest absolute Gasteiger partial charge is 0.0577 e. The maximum Gasteiger partial charge on any atom is 0.0577 e. The van der Waals surface area contributed by atoms with Gasteiger partial charge in [-0.15, -0.1) is 0 Å². The number of aliphatic hydroxyl groups excluding tert-OH is 1. The molecule has 126 valence electrons. The Morgan fingerprint density at radius 2 is 1.83 bits per heavy atom. The van der Waals surface area contributed by atoms with Crippen LogP contribution in [-0.2, 0) is 0 Å². The first kappa shape index (κ1) is 14.7. The van der Waals surface area contributed by atoms with Crippen molar-refractivity contribution in [2.75, 3.05) is 6.54 Å². The molecular formula is C21H31NO. The normalized spacial score (nSPS) is 54.5. The molecule has 0 radical (unpaired) electrons. The van der Waals surface area contributed by atoms with Crippen LogP contribution in [0.5, 0.6) is 0 Å². The fourth-order valence-electron chi connectivity index (χ4n) is 6.98. The maximum absolute atomic E-state index is 10.1. The number of fused-ring (bicyclic) bond motifs is 5. The predicted octanol–water partition coefficient (Wildman–Crippen LogP) is 3.82. The van der Waals surface area contributed by atoms with E-state index in [2.05, 4.69) is 31.3 Å². The summed E-state index contributed by atoms with van der Waals surface area (Å²) in [6.07, 6.45) is 13.5. The molecular weight excluding hydrogens is 282 g/mol. The van der Waals surface area contributed by atoms with Crippen molar-refractivity contribution in [3.63, 3.8) is 0 Å². The third kappa shape index (κ3) is 1.94. The number of rotatable bonds is 1. The van der Waals surface area contributed by atoms with E-state index in [1.807, 2.05) is 5.57 Å². The van der Waals surface area contributed by atoms with Gasteiger partial charge in [0, 0.05) is 12.6 Å². The van der Waals surface area contributed by atoms with Crippen LogP contribution in [0.25, 0.3) is 0 Å². The molecule has 0 aromatic carbocycles. The minimum absolute atomic E-state index is 0.0873. The number of hydrogen-bond donors (Lipinski definition) is 2. The Bertz CT molecular complexity index is 589. The first-order chi connectivity index (χ1) is 11.0. The molecule has 0 unspecified atom stereocenters.